The van der Waals surface area contributed by atoms with Crippen molar-refractivity contribution in [2.45, 2.75) is 45.2 Å². The molecule has 0 saturated carbocycles. The van der Waals surface area contributed by atoms with E-state index in [2.05, 4.69) is 20.2 Å². The average Bonchev–Trinajstić information content (AvgIpc) is 3.33. The summed E-state index contributed by atoms with van der Waals surface area (Å²) in [4.78, 5) is 38.5. The molecule has 0 radical (unpaired) electrons. The van der Waals surface area contributed by atoms with Crippen LogP contribution in [0.3, 0.4) is 0 Å². The van der Waals surface area contributed by atoms with Crippen LogP contribution < -0.4 is 10.2 Å². The molecule has 1 amide bonds. The number of aryl methyl sites for hydroxylation is 1. The Balaban J connectivity index is 1.42. The van der Waals surface area contributed by atoms with E-state index in [1.807, 2.05) is 13.0 Å². The molecular weight excluding hydrogens is 410 g/mol. The lowest BCUT2D eigenvalue weighted by Gasteiger charge is -2.36. The number of aromatic nitrogens is 4. The Labute approximate surface area is 185 Å². The Bertz CT molecular complexity index is 1080. The molecule has 0 bridgehead atoms. The van der Waals surface area contributed by atoms with Crippen LogP contribution in [0.2, 0.25) is 0 Å². The van der Waals surface area contributed by atoms with E-state index in [1.165, 1.54) is 12.1 Å². The molecule has 1 atom stereocenters. The van der Waals surface area contributed by atoms with Crippen LogP contribution in [0.1, 0.15) is 36.9 Å². The Morgan fingerprint density at radius 2 is 2.06 bits per heavy atom. The number of carbonyl (C=O) groups excluding carboxylic acids is 1. The molecule has 1 saturated heterocycles. The summed E-state index contributed by atoms with van der Waals surface area (Å²) < 4.78 is 1.77. The Morgan fingerprint density at radius 3 is 2.78 bits per heavy atom. The van der Waals surface area contributed by atoms with Crippen LogP contribution in [0, 0.1) is 17.0 Å². The van der Waals surface area contributed by atoms with Crippen molar-refractivity contribution in [1.29, 1.82) is 0 Å². The minimum absolute atomic E-state index is 0.0353. The number of non-ortho nitro benzene ring substituents is 1. The first-order valence-corrected chi connectivity index (χ1v) is 10.6. The highest BCUT2D eigenvalue weighted by atomic mass is 16.6. The molecule has 10 heteroatoms. The summed E-state index contributed by atoms with van der Waals surface area (Å²) in [6.45, 7) is 3.10. The molecule has 1 N–H and O–H groups in total. The number of nitrogens with one attached hydrogen (secondary N) is 1. The number of nitrogens with zero attached hydrogens (tertiary/aromatic N) is 6. The third-order valence-corrected chi connectivity index (χ3v) is 5.54. The van der Waals surface area contributed by atoms with E-state index in [-0.39, 0.29) is 17.6 Å². The van der Waals surface area contributed by atoms with Crippen molar-refractivity contribution < 1.29 is 9.72 Å². The molecule has 32 heavy (non-hydrogen) atoms. The van der Waals surface area contributed by atoms with E-state index in [0.29, 0.717) is 18.9 Å². The third kappa shape index (κ3) is 5.08. The molecule has 3 aromatic rings. The van der Waals surface area contributed by atoms with Gasteiger partial charge in [-0.3, -0.25) is 19.5 Å². The first-order chi connectivity index (χ1) is 15.5. The lowest BCUT2D eigenvalue weighted by atomic mass is 9.99. The van der Waals surface area contributed by atoms with Crippen LogP contribution in [0.5, 0.6) is 0 Å². The van der Waals surface area contributed by atoms with Crippen LogP contribution >= 0.6 is 0 Å². The van der Waals surface area contributed by atoms with Gasteiger partial charge >= 0.3 is 0 Å². The second-order valence-corrected chi connectivity index (χ2v) is 7.88. The van der Waals surface area contributed by atoms with Crippen LogP contribution in [0.4, 0.5) is 11.5 Å². The second kappa shape index (κ2) is 9.54. The Kier molecular flexibility index (Phi) is 6.39. The Morgan fingerprint density at radius 1 is 1.25 bits per heavy atom. The fourth-order valence-corrected chi connectivity index (χ4v) is 3.91. The van der Waals surface area contributed by atoms with Crippen molar-refractivity contribution >= 4 is 17.4 Å². The summed E-state index contributed by atoms with van der Waals surface area (Å²) >= 11 is 0. The highest BCUT2D eigenvalue weighted by Crippen LogP contribution is 2.26. The fourth-order valence-electron chi connectivity index (χ4n) is 3.91. The summed E-state index contributed by atoms with van der Waals surface area (Å²) in [5.74, 6) is 1.32. The number of rotatable bonds is 7. The molecule has 3 heterocycles. The molecule has 1 aromatic carbocycles. The van der Waals surface area contributed by atoms with Crippen molar-refractivity contribution in [1.82, 2.24) is 24.8 Å². The molecule has 1 aliphatic heterocycles. The normalized spacial score (nSPS) is 16.0. The summed E-state index contributed by atoms with van der Waals surface area (Å²) in [5.41, 5.74) is 1.71. The number of hydrogen-bond donors (Lipinski definition) is 1. The van der Waals surface area contributed by atoms with Gasteiger partial charge in [-0.25, -0.2) is 9.97 Å². The zero-order valence-corrected chi connectivity index (χ0v) is 17.8. The molecule has 1 aliphatic rings. The topological polar surface area (TPSA) is 119 Å². The molecule has 0 aliphatic carbocycles. The van der Waals surface area contributed by atoms with E-state index in [1.54, 1.807) is 35.4 Å². The molecule has 4 rings (SSSR count). The maximum absolute atomic E-state index is 12.7. The van der Waals surface area contributed by atoms with Gasteiger partial charge in [0.2, 0.25) is 11.9 Å². The smallest absolute Gasteiger partial charge is 0.269 e. The number of anilines is 1. The second-order valence-electron chi connectivity index (χ2n) is 7.88. The fraction of sp³-hybridized carbons (Fsp3) is 0.364. The first kappa shape index (κ1) is 21.4. The summed E-state index contributed by atoms with van der Waals surface area (Å²) in [6.07, 6.45) is 8.53. The number of amides is 1. The monoisotopic (exact) mass is 435 g/mol. The minimum Gasteiger partial charge on any atom is -0.353 e. The standard InChI is InChI=1S/C22H25N7O3/c1-16-12-20(26-22(25-16)27-11-9-23-15-27)28-10-3-2-4-19(28)13-21(30)24-14-17-5-7-18(8-6-17)29(31)32/h5-9,11-12,15,19H,2-4,10,13-14H2,1H3,(H,24,30). The molecular formula is C22H25N7O3. The number of nitro groups is 1. The molecule has 10 nitrogen and oxygen atoms in total. The van der Waals surface area contributed by atoms with Crippen molar-refractivity contribution in [2.24, 2.45) is 0 Å². The van der Waals surface area contributed by atoms with Crippen LogP contribution in [0.15, 0.2) is 49.1 Å². The predicted octanol–water partition coefficient (Wildman–Crippen LogP) is 2.94. The predicted molar refractivity (Wildman–Crippen MR) is 118 cm³/mol. The van der Waals surface area contributed by atoms with Gasteiger partial charge in [-0.15, -0.1) is 0 Å². The number of hydrogen-bond acceptors (Lipinski definition) is 7. The summed E-state index contributed by atoms with van der Waals surface area (Å²) in [7, 11) is 0. The zero-order chi connectivity index (χ0) is 22.5. The van der Waals surface area contributed by atoms with Crippen LogP contribution in [-0.2, 0) is 11.3 Å². The average molecular weight is 435 g/mol. The van der Waals surface area contributed by atoms with Crippen LogP contribution in [-0.4, -0.2) is 42.9 Å². The molecule has 1 fully saturated rings. The van der Waals surface area contributed by atoms with E-state index >= 15 is 0 Å². The number of carbonyl (C=O) groups is 1. The number of benzene rings is 1. The highest BCUT2D eigenvalue weighted by molar-refractivity contribution is 5.77. The molecule has 1 unspecified atom stereocenters. The largest absolute Gasteiger partial charge is 0.353 e. The van der Waals surface area contributed by atoms with Gasteiger partial charge in [-0.2, -0.15) is 4.98 Å². The molecule has 166 valence electrons. The van der Waals surface area contributed by atoms with Crippen molar-refractivity contribution in [2.75, 3.05) is 11.4 Å². The van der Waals surface area contributed by atoms with Crippen molar-refractivity contribution in [3.05, 3.63) is 70.4 Å². The van der Waals surface area contributed by atoms with Gasteiger partial charge in [-0.05, 0) is 31.7 Å². The van der Waals surface area contributed by atoms with Gasteiger partial charge in [0, 0.05) is 61.8 Å². The van der Waals surface area contributed by atoms with E-state index in [4.69, 9.17) is 4.98 Å². The van der Waals surface area contributed by atoms with Gasteiger partial charge < -0.3 is 10.2 Å². The minimum atomic E-state index is -0.437. The first-order valence-electron chi connectivity index (χ1n) is 10.6. The highest BCUT2D eigenvalue weighted by Gasteiger charge is 2.26. The van der Waals surface area contributed by atoms with E-state index in [9.17, 15) is 14.9 Å². The number of imidazole rings is 1. The van der Waals surface area contributed by atoms with E-state index < -0.39 is 4.92 Å². The third-order valence-electron chi connectivity index (χ3n) is 5.54. The van der Waals surface area contributed by atoms with Gasteiger partial charge in [0.1, 0.15) is 12.1 Å². The van der Waals surface area contributed by atoms with Gasteiger partial charge in [0.15, 0.2) is 0 Å². The maximum atomic E-state index is 12.7. The lowest BCUT2D eigenvalue weighted by molar-refractivity contribution is -0.384. The Hall–Kier alpha value is -3.82. The van der Waals surface area contributed by atoms with Gasteiger partial charge in [0.05, 0.1) is 4.92 Å². The molecule has 0 spiro atoms. The SMILES string of the molecule is Cc1cc(N2CCCCC2CC(=O)NCc2ccc([N+](=O)[O-])cc2)nc(-n2ccnc2)n1. The van der Waals surface area contributed by atoms with Gasteiger partial charge in [-0.1, -0.05) is 12.1 Å². The van der Waals surface area contributed by atoms with Crippen LogP contribution in [0.25, 0.3) is 5.95 Å². The zero-order valence-electron chi connectivity index (χ0n) is 17.8. The lowest BCUT2D eigenvalue weighted by Crippen LogP contribution is -2.43. The number of nitro benzene ring substituents is 1. The summed E-state index contributed by atoms with van der Waals surface area (Å²) in [6, 6.07) is 8.21. The quantitative estimate of drug-likeness (QED) is 0.448. The van der Waals surface area contributed by atoms with Gasteiger partial charge in [0.25, 0.3) is 5.69 Å². The van der Waals surface area contributed by atoms with Crippen molar-refractivity contribution in [3.8, 4) is 5.95 Å². The summed E-state index contributed by atoms with van der Waals surface area (Å²) in [5, 5.41) is 13.7. The van der Waals surface area contributed by atoms with Crippen molar-refractivity contribution in [3.63, 3.8) is 0 Å². The van der Waals surface area contributed by atoms with E-state index in [0.717, 1.165) is 42.9 Å². The molecule has 2 aromatic heterocycles. The maximum Gasteiger partial charge on any atom is 0.269 e. The number of piperidine rings is 1.